The lowest BCUT2D eigenvalue weighted by molar-refractivity contribution is 0.172. The Morgan fingerprint density at radius 1 is 1.36 bits per heavy atom. The molecule has 1 unspecified atom stereocenters. The van der Waals surface area contributed by atoms with Gasteiger partial charge in [-0.2, -0.15) is 0 Å². The highest BCUT2D eigenvalue weighted by Crippen LogP contribution is 2.09. The molecular weight excluding hydrogens is 136 g/mol. The molecule has 1 heterocycles. The fraction of sp³-hybridized carbons (Fsp3) is 1.00. The van der Waals surface area contributed by atoms with Gasteiger partial charge in [-0.05, 0) is 19.9 Å². The minimum absolute atomic E-state index is 0.654. The van der Waals surface area contributed by atoms with E-state index in [1.807, 2.05) is 0 Å². The first-order valence-corrected chi connectivity index (χ1v) is 4.54. The van der Waals surface area contributed by atoms with Crippen LogP contribution >= 0.6 is 0 Å². The molecule has 1 aliphatic rings. The van der Waals surface area contributed by atoms with Crippen LogP contribution in [-0.2, 0) is 0 Å². The first-order valence-electron chi connectivity index (χ1n) is 4.54. The molecule has 1 N–H and O–H groups in total. The summed E-state index contributed by atoms with van der Waals surface area (Å²) in [5.41, 5.74) is 0. The highest BCUT2D eigenvalue weighted by atomic mass is 15.2. The SMILES string of the molecule is CC1CN(C)C[C@@H](C(C)C)N1. The van der Waals surface area contributed by atoms with Crippen molar-refractivity contribution < 1.29 is 0 Å². The van der Waals surface area contributed by atoms with Crippen molar-refractivity contribution in [2.75, 3.05) is 20.1 Å². The summed E-state index contributed by atoms with van der Waals surface area (Å²) in [7, 11) is 2.20. The van der Waals surface area contributed by atoms with Gasteiger partial charge in [-0.15, -0.1) is 0 Å². The number of likely N-dealkylation sites (N-methyl/N-ethyl adjacent to an activating group) is 1. The maximum atomic E-state index is 3.60. The summed E-state index contributed by atoms with van der Waals surface area (Å²) in [6.07, 6.45) is 0. The van der Waals surface area contributed by atoms with Crippen LogP contribution in [0, 0.1) is 5.92 Å². The van der Waals surface area contributed by atoms with Gasteiger partial charge < -0.3 is 10.2 Å². The van der Waals surface area contributed by atoms with Gasteiger partial charge in [0.2, 0.25) is 0 Å². The molecular formula is C9H20N2. The monoisotopic (exact) mass is 156 g/mol. The fourth-order valence-corrected chi connectivity index (χ4v) is 1.75. The number of piperazine rings is 1. The van der Waals surface area contributed by atoms with E-state index in [2.05, 4.69) is 38.0 Å². The van der Waals surface area contributed by atoms with Crippen molar-refractivity contribution in [3.05, 3.63) is 0 Å². The smallest absolute Gasteiger partial charge is 0.0220 e. The van der Waals surface area contributed by atoms with Crippen LogP contribution in [0.25, 0.3) is 0 Å². The van der Waals surface area contributed by atoms with Crippen LogP contribution in [0.1, 0.15) is 20.8 Å². The third-order valence-electron chi connectivity index (χ3n) is 2.40. The number of nitrogens with zero attached hydrogens (tertiary/aromatic N) is 1. The molecule has 1 aliphatic heterocycles. The second kappa shape index (κ2) is 3.55. The van der Waals surface area contributed by atoms with Crippen molar-refractivity contribution in [1.82, 2.24) is 10.2 Å². The Kier molecular flexibility index (Phi) is 2.90. The van der Waals surface area contributed by atoms with Crippen molar-refractivity contribution >= 4 is 0 Å². The van der Waals surface area contributed by atoms with Crippen LogP contribution in [0.15, 0.2) is 0 Å². The van der Waals surface area contributed by atoms with Crippen molar-refractivity contribution in [3.8, 4) is 0 Å². The number of rotatable bonds is 1. The number of hydrogen-bond acceptors (Lipinski definition) is 2. The van der Waals surface area contributed by atoms with E-state index >= 15 is 0 Å². The average molecular weight is 156 g/mol. The predicted octanol–water partition coefficient (Wildman–Crippen LogP) is 0.934. The van der Waals surface area contributed by atoms with Gasteiger partial charge in [0.15, 0.2) is 0 Å². The lowest BCUT2D eigenvalue weighted by Crippen LogP contribution is -2.55. The van der Waals surface area contributed by atoms with Crippen molar-refractivity contribution in [2.45, 2.75) is 32.9 Å². The Hall–Kier alpha value is -0.0800. The van der Waals surface area contributed by atoms with Gasteiger partial charge in [-0.25, -0.2) is 0 Å². The first-order chi connectivity index (χ1) is 5.09. The lowest BCUT2D eigenvalue weighted by atomic mass is 10.0. The van der Waals surface area contributed by atoms with E-state index in [1.165, 1.54) is 13.1 Å². The van der Waals surface area contributed by atoms with Gasteiger partial charge in [0.05, 0.1) is 0 Å². The Morgan fingerprint density at radius 2 is 2.00 bits per heavy atom. The van der Waals surface area contributed by atoms with Crippen LogP contribution in [0.5, 0.6) is 0 Å². The van der Waals surface area contributed by atoms with E-state index < -0.39 is 0 Å². The molecule has 1 rings (SSSR count). The van der Waals surface area contributed by atoms with Crippen LogP contribution in [0.4, 0.5) is 0 Å². The molecule has 11 heavy (non-hydrogen) atoms. The average Bonchev–Trinajstić information content (AvgIpc) is 1.85. The second-order valence-electron chi connectivity index (χ2n) is 4.14. The molecule has 1 fully saturated rings. The molecule has 0 amide bonds. The van der Waals surface area contributed by atoms with Gasteiger partial charge in [-0.3, -0.25) is 0 Å². The predicted molar refractivity (Wildman–Crippen MR) is 48.7 cm³/mol. The van der Waals surface area contributed by atoms with Crippen molar-refractivity contribution in [3.63, 3.8) is 0 Å². The summed E-state index contributed by atoms with van der Waals surface area (Å²) < 4.78 is 0. The zero-order valence-corrected chi connectivity index (χ0v) is 8.09. The van der Waals surface area contributed by atoms with E-state index in [9.17, 15) is 0 Å². The van der Waals surface area contributed by atoms with E-state index in [0.717, 1.165) is 5.92 Å². The zero-order chi connectivity index (χ0) is 8.43. The standard InChI is InChI=1S/C9H20N2/c1-7(2)9-6-11(4)5-8(3)10-9/h7-10H,5-6H2,1-4H3/t8?,9-/m0/s1. The summed E-state index contributed by atoms with van der Waals surface area (Å²) in [6, 6.07) is 1.34. The molecule has 0 aromatic carbocycles. The summed E-state index contributed by atoms with van der Waals surface area (Å²) >= 11 is 0. The van der Waals surface area contributed by atoms with Gasteiger partial charge in [0, 0.05) is 25.2 Å². The fourth-order valence-electron chi connectivity index (χ4n) is 1.75. The molecule has 2 heteroatoms. The maximum Gasteiger partial charge on any atom is 0.0220 e. The van der Waals surface area contributed by atoms with Gasteiger partial charge >= 0.3 is 0 Å². The summed E-state index contributed by atoms with van der Waals surface area (Å²) in [5.74, 6) is 0.750. The topological polar surface area (TPSA) is 15.3 Å². The Balaban J connectivity index is 2.43. The normalized spacial score (nSPS) is 34.6. The van der Waals surface area contributed by atoms with Crippen LogP contribution in [0.2, 0.25) is 0 Å². The summed E-state index contributed by atoms with van der Waals surface area (Å²) in [4.78, 5) is 2.41. The molecule has 66 valence electrons. The minimum atomic E-state index is 0.654. The Labute approximate surface area is 70.0 Å². The van der Waals surface area contributed by atoms with Gasteiger partial charge in [0.1, 0.15) is 0 Å². The molecule has 1 saturated heterocycles. The van der Waals surface area contributed by atoms with Crippen molar-refractivity contribution in [2.24, 2.45) is 5.92 Å². The molecule has 2 atom stereocenters. The number of hydrogen-bond donors (Lipinski definition) is 1. The quantitative estimate of drug-likeness (QED) is 0.607. The lowest BCUT2D eigenvalue weighted by Gasteiger charge is -2.37. The Morgan fingerprint density at radius 3 is 2.45 bits per heavy atom. The van der Waals surface area contributed by atoms with Crippen LogP contribution in [0.3, 0.4) is 0 Å². The van der Waals surface area contributed by atoms with Gasteiger partial charge in [0.25, 0.3) is 0 Å². The highest BCUT2D eigenvalue weighted by Gasteiger charge is 2.23. The maximum absolute atomic E-state index is 3.60. The molecule has 0 radical (unpaired) electrons. The molecule has 0 saturated carbocycles. The van der Waals surface area contributed by atoms with E-state index in [4.69, 9.17) is 0 Å². The van der Waals surface area contributed by atoms with E-state index in [0.29, 0.717) is 12.1 Å². The Bertz CT molecular complexity index is 113. The number of nitrogens with one attached hydrogen (secondary N) is 1. The van der Waals surface area contributed by atoms with Crippen molar-refractivity contribution in [1.29, 1.82) is 0 Å². The van der Waals surface area contributed by atoms with E-state index in [1.54, 1.807) is 0 Å². The zero-order valence-electron chi connectivity index (χ0n) is 8.09. The van der Waals surface area contributed by atoms with Gasteiger partial charge in [-0.1, -0.05) is 13.8 Å². The molecule has 2 nitrogen and oxygen atoms in total. The molecule has 0 aromatic heterocycles. The third-order valence-corrected chi connectivity index (χ3v) is 2.40. The molecule has 0 aliphatic carbocycles. The highest BCUT2D eigenvalue weighted by molar-refractivity contribution is 4.83. The third kappa shape index (κ3) is 2.46. The summed E-state index contributed by atoms with van der Waals surface area (Å²) in [5, 5.41) is 3.60. The first kappa shape index (κ1) is 9.01. The van der Waals surface area contributed by atoms with Crippen LogP contribution < -0.4 is 5.32 Å². The molecule has 0 spiro atoms. The summed E-state index contributed by atoms with van der Waals surface area (Å²) in [6.45, 7) is 9.20. The minimum Gasteiger partial charge on any atom is -0.309 e. The van der Waals surface area contributed by atoms with Crippen LogP contribution in [-0.4, -0.2) is 37.1 Å². The van der Waals surface area contributed by atoms with E-state index in [-0.39, 0.29) is 0 Å². The largest absolute Gasteiger partial charge is 0.309 e. The second-order valence-corrected chi connectivity index (χ2v) is 4.14. The molecule has 0 bridgehead atoms. The molecule has 0 aromatic rings.